The summed E-state index contributed by atoms with van der Waals surface area (Å²) < 4.78 is 39.6. The maximum atomic E-state index is 13.3. The van der Waals surface area contributed by atoms with Gasteiger partial charge < -0.3 is 4.98 Å². The van der Waals surface area contributed by atoms with Gasteiger partial charge in [0.15, 0.2) is 17.5 Å². The van der Waals surface area contributed by atoms with Crippen molar-refractivity contribution in [3.05, 3.63) is 51.3 Å². The molecule has 3 rings (SSSR count). The van der Waals surface area contributed by atoms with Crippen molar-refractivity contribution in [1.82, 2.24) is 9.97 Å². The fourth-order valence-electron chi connectivity index (χ4n) is 2.07. The number of nitrogens with zero attached hydrogens (tertiary/aromatic N) is 1. The van der Waals surface area contributed by atoms with Crippen LogP contribution >= 0.6 is 0 Å². The topological polar surface area (TPSA) is 45.8 Å². The molecule has 0 amide bonds. The Bertz CT molecular complexity index is 728. The lowest BCUT2D eigenvalue weighted by atomic mass is 10.1. The summed E-state index contributed by atoms with van der Waals surface area (Å²) >= 11 is 0. The third kappa shape index (κ3) is 2.11. The molecule has 1 aromatic heterocycles. The Morgan fingerprint density at radius 3 is 2.35 bits per heavy atom. The molecule has 0 aliphatic heterocycles. The molecule has 1 aliphatic rings. The van der Waals surface area contributed by atoms with Gasteiger partial charge in [-0.2, -0.15) is 0 Å². The van der Waals surface area contributed by atoms with E-state index < -0.39 is 17.5 Å². The van der Waals surface area contributed by atoms with Crippen LogP contribution in [0.5, 0.6) is 0 Å². The monoisotopic (exact) mass is 280 g/mol. The standard InChI is InChI=1S/C14H11F3N2O/c1-6-12(8-4-9(15)11(17)10(16)5-8)18-13(7-2-3-7)19-14(6)20/h4-5,7H,2-3H2,1H3,(H,18,19,20). The molecule has 1 heterocycles. The number of H-pyrrole nitrogens is 1. The van der Waals surface area contributed by atoms with Crippen molar-refractivity contribution in [2.75, 3.05) is 0 Å². The van der Waals surface area contributed by atoms with Crippen molar-refractivity contribution in [2.45, 2.75) is 25.7 Å². The first kappa shape index (κ1) is 12.9. The molecule has 3 nitrogen and oxygen atoms in total. The highest BCUT2D eigenvalue weighted by Crippen LogP contribution is 2.38. The van der Waals surface area contributed by atoms with Gasteiger partial charge in [-0.3, -0.25) is 4.79 Å². The van der Waals surface area contributed by atoms with E-state index in [1.165, 1.54) is 6.92 Å². The molecule has 0 saturated heterocycles. The van der Waals surface area contributed by atoms with E-state index in [1.807, 2.05) is 0 Å². The van der Waals surface area contributed by atoms with Gasteiger partial charge in [0.1, 0.15) is 5.82 Å². The molecule has 1 saturated carbocycles. The van der Waals surface area contributed by atoms with Crippen LogP contribution in [0.4, 0.5) is 13.2 Å². The third-order valence-electron chi connectivity index (χ3n) is 3.39. The first-order valence-corrected chi connectivity index (χ1v) is 6.23. The van der Waals surface area contributed by atoms with Gasteiger partial charge in [-0.05, 0) is 31.9 Å². The van der Waals surface area contributed by atoms with E-state index in [-0.39, 0.29) is 28.3 Å². The van der Waals surface area contributed by atoms with Crippen LogP contribution in [0.2, 0.25) is 0 Å². The van der Waals surface area contributed by atoms with Crippen molar-refractivity contribution < 1.29 is 13.2 Å². The smallest absolute Gasteiger partial charge is 0.254 e. The number of hydrogen-bond acceptors (Lipinski definition) is 2. The molecule has 1 aliphatic carbocycles. The van der Waals surface area contributed by atoms with E-state index in [0.717, 1.165) is 25.0 Å². The highest BCUT2D eigenvalue weighted by Gasteiger charge is 2.27. The van der Waals surface area contributed by atoms with Crippen molar-refractivity contribution >= 4 is 0 Å². The third-order valence-corrected chi connectivity index (χ3v) is 3.39. The molecule has 1 fully saturated rings. The van der Waals surface area contributed by atoms with Gasteiger partial charge in [-0.15, -0.1) is 0 Å². The molecule has 0 bridgehead atoms. The zero-order valence-electron chi connectivity index (χ0n) is 10.6. The summed E-state index contributed by atoms with van der Waals surface area (Å²) in [6.07, 6.45) is 1.86. The number of aromatic nitrogens is 2. The van der Waals surface area contributed by atoms with Gasteiger partial charge in [0.05, 0.1) is 5.69 Å². The molecule has 0 atom stereocenters. The molecule has 0 radical (unpaired) electrons. The summed E-state index contributed by atoms with van der Waals surface area (Å²) in [5.74, 6) is -3.42. The van der Waals surface area contributed by atoms with Crippen LogP contribution < -0.4 is 5.56 Å². The quantitative estimate of drug-likeness (QED) is 0.859. The minimum Gasteiger partial charge on any atom is -0.310 e. The second-order valence-corrected chi connectivity index (χ2v) is 4.95. The van der Waals surface area contributed by atoms with Crippen molar-refractivity contribution in [3.63, 3.8) is 0 Å². The van der Waals surface area contributed by atoms with E-state index in [1.54, 1.807) is 0 Å². The minimum atomic E-state index is -1.53. The molecule has 6 heteroatoms. The van der Waals surface area contributed by atoms with Crippen molar-refractivity contribution in [2.24, 2.45) is 0 Å². The molecular weight excluding hydrogens is 269 g/mol. The van der Waals surface area contributed by atoms with Gasteiger partial charge >= 0.3 is 0 Å². The Hall–Kier alpha value is -2.11. The Labute approximate surface area is 112 Å². The van der Waals surface area contributed by atoms with Crippen LogP contribution in [-0.2, 0) is 0 Å². The van der Waals surface area contributed by atoms with E-state index in [4.69, 9.17) is 0 Å². The Balaban J connectivity index is 2.21. The van der Waals surface area contributed by atoms with E-state index in [0.29, 0.717) is 5.82 Å². The molecule has 0 unspecified atom stereocenters. The first-order chi connectivity index (χ1) is 9.47. The lowest BCUT2D eigenvalue weighted by Gasteiger charge is -2.08. The molecule has 2 aromatic rings. The van der Waals surface area contributed by atoms with Crippen LogP contribution in [0, 0.1) is 24.4 Å². The normalized spacial score (nSPS) is 14.6. The highest BCUT2D eigenvalue weighted by molar-refractivity contribution is 5.62. The number of halogens is 3. The van der Waals surface area contributed by atoms with Gasteiger partial charge in [0, 0.05) is 17.0 Å². The zero-order chi connectivity index (χ0) is 14.4. The lowest BCUT2D eigenvalue weighted by Crippen LogP contribution is -2.15. The summed E-state index contributed by atoms with van der Waals surface area (Å²) in [6.45, 7) is 1.51. The van der Waals surface area contributed by atoms with E-state index in [2.05, 4.69) is 9.97 Å². The maximum absolute atomic E-state index is 13.3. The van der Waals surface area contributed by atoms with Crippen LogP contribution in [0.1, 0.15) is 30.1 Å². The van der Waals surface area contributed by atoms with Gasteiger partial charge in [-0.25, -0.2) is 18.2 Å². The Kier molecular flexibility index (Phi) is 2.88. The van der Waals surface area contributed by atoms with Crippen LogP contribution in [-0.4, -0.2) is 9.97 Å². The summed E-state index contributed by atoms with van der Waals surface area (Å²) in [5, 5.41) is 0. The minimum absolute atomic E-state index is 0.0619. The fraction of sp³-hybridized carbons (Fsp3) is 0.286. The average molecular weight is 280 g/mol. The largest absolute Gasteiger partial charge is 0.310 e. The number of benzene rings is 1. The number of nitrogens with one attached hydrogen (secondary N) is 1. The van der Waals surface area contributed by atoms with Crippen LogP contribution in [0.25, 0.3) is 11.3 Å². The molecule has 104 valence electrons. The van der Waals surface area contributed by atoms with Crippen molar-refractivity contribution in [3.8, 4) is 11.3 Å². The molecule has 1 aromatic carbocycles. The summed E-state index contributed by atoms with van der Waals surface area (Å²) in [5.41, 5.74) is 0.155. The molecule has 1 N–H and O–H groups in total. The zero-order valence-corrected chi connectivity index (χ0v) is 10.6. The van der Waals surface area contributed by atoms with Gasteiger partial charge in [-0.1, -0.05) is 0 Å². The number of hydrogen-bond donors (Lipinski definition) is 1. The van der Waals surface area contributed by atoms with Gasteiger partial charge in [0.25, 0.3) is 5.56 Å². The molecule has 20 heavy (non-hydrogen) atoms. The Morgan fingerprint density at radius 1 is 1.20 bits per heavy atom. The number of rotatable bonds is 2. The summed E-state index contributed by atoms with van der Waals surface area (Å²) in [4.78, 5) is 18.8. The molecule has 0 spiro atoms. The predicted octanol–water partition coefficient (Wildman–Crippen LogP) is 3.04. The second kappa shape index (κ2) is 4.47. The van der Waals surface area contributed by atoms with Crippen LogP contribution in [0.15, 0.2) is 16.9 Å². The van der Waals surface area contributed by atoms with Crippen LogP contribution in [0.3, 0.4) is 0 Å². The molecular formula is C14H11F3N2O. The highest BCUT2D eigenvalue weighted by atomic mass is 19.2. The average Bonchev–Trinajstić information content (AvgIpc) is 3.22. The van der Waals surface area contributed by atoms with Crippen molar-refractivity contribution in [1.29, 1.82) is 0 Å². The predicted molar refractivity (Wildman–Crippen MR) is 66.9 cm³/mol. The van der Waals surface area contributed by atoms with Gasteiger partial charge in [0.2, 0.25) is 0 Å². The second-order valence-electron chi connectivity index (χ2n) is 4.95. The SMILES string of the molecule is Cc1c(-c2cc(F)c(F)c(F)c2)nc(C2CC2)[nH]c1=O. The fourth-order valence-corrected chi connectivity index (χ4v) is 2.07. The number of aromatic amines is 1. The first-order valence-electron chi connectivity index (χ1n) is 6.23. The summed E-state index contributed by atoms with van der Waals surface area (Å²) in [6, 6.07) is 1.70. The summed E-state index contributed by atoms with van der Waals surface area (Å²) in [7, 11) is 0. The van der Waals surface area contributed by atoms with E-state index in [9.17, 15) is 18.0 Å². The maximum Gasteiger partial charge on any atom is 0.254 e. The van der Waals surface area contributed by atoms with E-state index >= 15 is 0 Å². The lowest BCUT2D eigenvalue weighted by molar-refractivity contribution is 0.447. The Morgan fingerprint density at radius 2 is 1.80 bits per heavy atom.